The molecule has 2 aromatic carbocycles. The largest absolute Gasteiger partial charge is 0.480 e. The number of likely N-dealkylation sites (N-methyl/N-ethyl adjacent to an activating group) is 1. The Hall–Kier alpha value is -3.61. The molecular weight excluding hydrogens is 430 g/mol. The molecule has 0 aliphatic carbocycles. The summed E-state index contributed by atoms with van der Waals surface area (Å²) in [6.45, 7) is 2.29. The van der Waals surface area contributed by atoms with Gasteiger partial charge in [-0.2, -0.15) is 0 Å². The summed E-state index contributed by atoms with van der Waals surface area (Å²) in [5, 5.41) is 12.2. The number of rotatable bonds is 9. The Morgan fingerprint density at radius 1 is 1.15 bits per heavy atom. The first-order valence-electron chi connectivity index (χ1n) is 11.4. The summed E-state index contributed by atoms with van der Waals surface area (Å²) in [5.41, 5.74) is 2.36. The van der Waals surface area contributed by atoms with E-state index in [2.05, 4.69) is 5.32 Å². The van der Waals surface area contributed by atoms with Crippen LogP contribution >= 0.6 is 0 Å². The second-order valence-electron chi connectivity index (χ2n) is 9.12. The molecule has 1 aliphatic heterocycles. The van der Waals surface area contributed by atoms with Crippen molar-refractivity contribution in [1.29, 1.82) is 0 Å². The zero-order valence-corrected chi connectivity index (χ0v) is 20.2. The van der Waals surface area contributed by atoms with Crippen molar-refractivity contribution in [1.82, 2.24) is 10.2 Å². The maximum atomic E-state index is 13.4. The van der Waals surface area contributed by atoms with Gasteiger partial charge in [-0.1, -0.05) is 54.6 Å². The smallest absolute Gasteiger partial charge is 0.326 e. The summed E-state index contributed by atoms with van der Waals surface area (Å²) in [5.74, 6) is -1.51. The number of hydrogen-bond acceptors (Lipinski definition) is 4. The number of carboxylic acids is 1. The van der Waals surface area contributed by atoms with Crippen molar-refractivity contribution in [3.8, 4) is 0 Å². The van der Waals surface area contributed by atoms with Crippen LogP contribution in [0.3, 0.4) is 0 Å². The van der Waals surface area contributed by atoms with Crippen LogP contribution in [0.1, 0.15) is 30.9 Å². The van der Waals surface area contributed by atoms with Gasteiger partial charge in [0.25, 0.3) is 0 Å². The lowest BCUT2D eigenvalue weighted by Crippen LogP contribution is -2.42. The molecule has 7 heteroatoms. The first-order valence-corrected chi connectivity index (χ1v) is 11.4. The third kappa shape index (κ3) is 5.30. The van der Waals surface area contributed by atoms with E-state index in [9.17, 15) is 19.5 Å². The van der Waals surface area contributed by atoms with Crippen molar-refractivity contribution in [2.24, 2.45) is 0 Å². The number of carbonyl (C=O) groups is 3. The summed E-state index contributed by atoms with van der Waals surface area (Å²) in [6.07, 6.45) is 2.96. The van der Waals surface area contributed by atoms with Crippen LogP contribution in [-0.4, -0.2) is 61.5 Å². The maximum Gasteiger partial charge on any atom is 0.326 e. The molecule has 0 spiro atoms. The first kappa shape index (κ1) is 25.0. The van der Waals surface area contributed by atoms with E-state index in [-0.39, 0.29) is 12.3 Å². The minimum Gasteiger partial charge on any atom is -0.480 e. The molecule has 1 aliphatic rings. The molecule has 0 unspecified atom stereocenters. The fraction of sp³-hybridized carbons (Fsp3) is 0.370. The topological polar surface area (TPSA) is 90.0 Å². The molecule has 0 bridgehead atoms. The number of amides is 2. The number of nitrogens with zero attached hydrogens (tertiary/aromatic N) is 2. The number of carbonyl (C=O) groups excluding carboxylic acids is 2. The number of anilines is 1. The molecule has 7 nitrogen and oxygen atoms in total. The van der Waals surface area contributed by atoms with E-state index in [0.717, 1.165) is 16.8 Å². The van der Waals surface area contributed by atoms with Crippen LogP contribution in [0.5, 0.6) is 0 Å². The van der Waals surface area contributed by atoms with Crippen LogP contribution < -0.4 is 10.2 Å². The predicted molar refractivity (Wildman–Crippen MR) is 133 cm³/mol. The lowest BCUT2D eigenvalue weighted by atomic mass is 9.74. The van der Waals surface area contributed by atoms with Gasteiger partial charge in [0.1, 0.15) is 6.04 Å². The minimum absolute atomic E-state index is 0.0266. The quantitative estimate of drug-likeness (QED) is 0.558. The highest BCUT2D eigenvalue weighted by atomic mass is 16.4. The van der Waals surface area contributed by atoms with E-state index in [1.165, 1.54) is 0 Å². The van der Waals surface area contributed by atoms with Gasteiger partial charge in [-0.3, -0.25) is 9.59 Å². The van der Waals surface area contributed by atoms with Crippen LogP contribution in [0.2, 0.25) is 0 Å². The van der Waals surface area contributed by atoms with Gasteiger partial charge in [-0.25, -0.2) is 4.79 Å². The lowest BCUT2D eigenvalue weighted by Gasteiger charge is -2.31. The molecule has 1 heterocycles. The van der Waals surface area contributed by atoms with Crippen molar-refractivity contribution >= 4 is 23.5 Å². The molecule has 2 N–H and O–H groups in total. The van der Waals surface area contributed by atoms with E-state index in [1.807, 2.05) is 73.6 Å². The Balaban J connectivity index is 1.83. The second kappa shape index (κ2) is 10.5. The summed E-state index contributed by atoms with van der Waals surface area (Å²) < 4.78 is 0. The second-order valence-corrected chi connectivity index (χ2v) is 9.12. The van der Waals surface area contributed by atoms with Crippen LogP contribution in [0, 0.1) is 0 Å². The number of allylic oxidation sites excluding steroid dienone is 1. The van der Waals surface area contributed by atoms with Crippen molar-refractivity contribution in [3.05, 3.63) is 77.4 Å². The number of carboxylic acid groups (broad SMARTS) is 1. The van der Waals surface area contributed by atoms with Gasteiger partial charge in [0.2, 0.25) is 11.8 Å². The third-order valence-corrected chi connectivity index (χ3v) is 6.53. The molecule has 180 valence electrons. The monoisotopic (exact) mass is 463 g/mol. The number of aliphatic carboxylic acids is 1. The molecular formula is C27H33N3O4. The van der Waals surface area contributed by atoms with Gasteiger partial charge in [0.15, 0.2) is 0 Å². The van der Waals surface area contributed by atoms with Crippen molar-refractivity contribution in [2.45, 2.75) is 37.6 Å². The number of likely N-dealkylation sites (tertiary alicyclic amines) is 1. The van der Waals surface area contributed by atoms with Crippen LogP contribution in [0.4, 0.5) is 5.69 Å². The minimum atomic E-state index is -1.09. The van der Waals surface area contributed by atoms with Crippen LogP contribution in [-0.2, 0) is 26.2 Å². The van der Waals surface area contributed by atoms with E-state index >= 15 is 0 Å². The highest BCUT2D eigenvalue weighted by Gasteiger charge is 2.47. The molecule has 0 radical (unpaired) electrons. The molecule has 0 aromatic heterocycles. The van der Waals surface area contributed by atoms with E-state index in [0.29, 0.717) is 25.0 Å². The van der Waals surface area contributed by atoms with Crippen LogP contribution in [0.15, 0.2) is 66.2 Å². The zero-order valence-electron chi connectivity index (χ0n) is 20.2. The van der Waals surface area contributed by atoms with E-state index in [1.54, 1.807) is 24.9 Å². The molecule has 2 amide bonds. The molecule has 1 saturated heterocycles. The van der Waals surface area contributed by atoms with Gasteiger partial charge >= 0.3 is 5.97 Å². The zero-order chi connectivity index (χ0) is 24.9. The molecule has 1 fully saturated rings. The van der Waals surface area contributed by atoms with Gasteiger partial charge in [0.05, 0.1) is 5.41 Å². The highest BCUT2D eigenvalue weighted by Crippen LogP contribution is 2.43. The average Bonchev–Trinajstić information content (AvgIpc) is 3.12. The standard InChI is InChI=1S/C27H33N3O4/c1-19(24(31)28-22(25(32)33)18-20-10-6-5-7-11-20)14-15-27(16-17-30(4)26(27)34)21-12-8-9-13-23(21)29(2)3/h5-14,22H,15-18H2,1-4H3,(H,28,31)(H,32,33)/b19-14+/t22-,27-/m0/s1. The fourth-order valence-corrected chi connectivity index (χ4v) is 4.49. The maximum absolute atomic E-state index is 13.4. The Morgan fingerprint density at radius 3 is 2.38 bits per heavy atom. The van der Waals surface area contributed by atoms with E-state index in [4.69, 9.17) is 0 Å². The first-order chi connectivity index (χ1) is 16.2. The highest BCUT2D eigenvalue weighted by molar-refractivity contribution is 5.96. The number of benzene rings is 2. The molecule has 3 rings (SSSR count). The van der Waals surface area contributed by atoms with Gasteiger partial charge in [0, 0.05) is 45.4 Å². The van der Waals surface area contributed by atoms with Gasteiger partial charge < -0.3 is 20.2 Å². The normalized spacial score (nSPS) is 19.1. The van der Waals surface area contributed by atoms with Crippen molar-refractivity contribution in [2.75, 3.05) is 32.6 Å². The van der Waals surface area contributed by atoms with Crippen LogP contribution in [0.25, 0.3) is 0 Å². The number of para-hydroxylation sites is 1. The van der Waals surface area contributed by atoms with Crippen molar-refractivity contribution in [3.63, 3.8) is 0 Å². The molecule has 34 heavy (non-hydrogen) atoms. The summed E-state index contributed by atoms with van der Waals surface area (Å²) >= 11 is 0. The Labute approximate surface area is 201 Å². The number of nitrogens with one attached hydrogen (secondary N) is 1. The van der Waals surface area contributed by atoms with Gasteiger partial charge in [-0.05, 0) is 37.0 Å². The Morgan fingerprint density at radius 2 is 1.79 bits per heavy atom. The third-order valence-electron chi connectivity index (χ3n) is 6.53. The van der Waals surface area contributed by atoms with Crippen molar-refractivity contribution < 1.29 is 19.5 Å². The summed E-state index contributed by atoms with van der Waals surface area (Å²) in [6, 6.07) is 16.0. The molecule has 2 aromatic rings. The van der Waals surface area contributed by atoms with E-state index < -0.39 is 23.3 Å². The SMILES string of the molecule is C/C(=C\C[C@@]1(c2ccccc2N(C)C)CCN(C)C1=O)C(=O)N[C@@H](Cc1ccccc1)C(=O)O. The summed E-state index contributed by atoms with van der Waals surface area (Å²) in [7, 11) is 5.69. The Kier molecular flexibility index (Phi) is 7.76. The summed E-state index contributed by atoms with van der Waals surface area (Å²) in [4.78, 5) is 41.7. The molecule has 0 saturated carbocycles. The molecule has 2 atom stereocenters. The lowest BCUT2D eigenvalue weighted by molar-refractivity contribution is -0.141. The van der Waals surface area contributed by atoms with Gasteiger partial charge in [-0.15, -0.1) is 0 Å². The number of hydrogen-bond donors (Lipinski definition) is 2. The fourth-order valence-electron chi connectivity index (χ4n) is 4.49. The Bertz CT molecular complexity index is 1080. The predicted octanol–water partition coefficient (Wildman–Crippen LogP) is 3.00. The average molecular weight is 464 g/mol.